The van der Waals surface area contributed by atoms with Crippen molar-refractivity contribution in [2.45, 2.75) is 24.5 Å². The van der Waals surface area contributed by atoms with Crippen LogP contribution in [0.3, 0.4) is 0 Å². The quantitative estimate of drug-likeness (QED) is 0.272. The second-order valence-corrected chi connectivity index (χ2v) is 7.28. The first-order valence-corrected chi connectivity index (χ1v) is 9.12. The molecule has 0 aromatic carbocycles. The van der Waals surface area contributed by atoms with Gasteiger partial charge in [-0.05, 0) is 0 Å². The van der Waals surface area contributed by atoms with Crippen LogP contribution in [0.2, 0.25) is 0 Å². The Balaban J connectivity index is 1.72. The molecule has 3 rings (SSSR count). The Morgan fingerprint density at radius 2 is 2.04 bits per heavy atom. The van der Waals surface area contributed by atoms with Gasteiger partial charge in [-0.15, -0.1) is 0 Å². The third-order valence-corrected chi connectivity index (χ3v) is 4.41. The van der Waals surface area contributed by atoms with Crippen LogP contribution in [-0.2, 0) is 18.8 Å². The highest BCUT2D eigenvalue weighted by Gasteiger charge is 2.45. The van der Waals surface area contributed by atoms with Crippen LogP contribution in [0.4, 0.5) is 5.82 Å². The number of imidazole rings is 1. The zero-order valence-electron chi connectivity index (χ0n) is 13.1. The molecule has 6 N–H and O–H groups in total. The molecule has 4 atom stereocenters. The second-order valence-electron chi connectivity index (χ2n) is 5.64. The molecule has 26 heavy (non-hydrogen) atoms. The lowest BCUT2D eigenvalue weighted by atomic mass is 10.1. The molecule has 0 amide bonds. The zero-order valence-corrected chi connectivity index (χ0v) is 14.0. The van der Waals surface area contributed by atoms with Crippen molar-refractivity contribution in [3.8, 4) is 0 Å². The number of nitrogen functional groups attached to an aromatic ring is 1. The first kappa shape index (κ1) is 18.6. The molecule has 1 saturated heterocycles. The van der Waals surface area contributed by atoms with Gasteiger partial charge in [0.05, 0.1) is 6.33 Å². The van der Waals surface area contributed by atoms with Crippen molar-refractivity contribution in [2.75, 3.05) is 18.5 Å². The second kappa shape index (κ2) is 6.87. The first-order valence-electron chi connectivity index (χ1n) is 7.32. The maximum atomic E-state index is 11.4. The maximum absolute atomic E-state index is 11.4. The molecular formula is C12H16N5O8P. The monoisotopic (exact) mass is 389 g/mol. The first-order chi connectivity index (χ1) is 12.2. The zero-order chi connectivity index (χ0) is 19.1. The van der Waals surface area contributed by atoms with E-state index < -0.39 is 50.9 Å². The van der Waals surface area contributed by atoms with Crippen LogP contribution in [0.25, 0.3) is 11.2 Å². The SMILES string of the molecule is Nc1ncnc2c1ncn2C1OC(COC(=O)CP(=O)(O)O)C(O)C1O. The summed E-state index contributed by atoms with van der Waals surface area (Å²) in [6, 6.07) is 0. The third kappa shape index (κ3) is 3.67. The molecule has 3 heterocycles. The van der Waals surface area contributed by atoms with E-state index in [1.165, 1.54) is 17.2 Å². The number of aliphatic hydroxyl groups excluding tert-OH is 2. The highest BCUT2D eigenvalue weighted by atomic mass is 31.2. The lowest BCUT2D eigenvalue weighted by Gasteiger charge is -2.16. The number of rotatable bonds is 5. The molecule has 0 aliphatic carbocycles. The Labute approximate surface area is 145 Å². The lowest BCUT2D eigenvalue weighted by Crippen LogP contribution is -2.34. The third-order valence-electron chi connectivity index (χ3n) is 3.74. The van der Waals surface area contributed by atoms with Crippen molar-refractivity contribution < 1.29 is 38.8 Å². The van der Waals surface area contributed by atoms with Gasteiger partial charge in [-0.25, -0.2) is 15.0 Å². The van der Waals surface area contributed by atoms with Crippen molar-refractivity contribution in [3.05, 3.63) is 12.7 Å². The van der Waals surface area contributed by atoms with Crippen LogP contribution in [-0.4, -0.2) is 76.6 Å². The standard InChI is InChI=1S/C12H16N5O8P/c13-10-7-11(15-3-14-10)17(4-16-7)12-9(20)8(19)5(25-12)1-24-6(18)2-26(21,22)23/h3-5,8-9,12,19-20H,1-2H2,(H2,13,14,15)(H2,21,22,23). The minimum absolute atomic E-state index is 0.129. The Morgan fingerprint density at radius 3 is 2.73 bits per heavy atom. The van der Waals surface area contributed by atoms with E-state index in [2.05, 4.69) is 15.0 Å². The molecule has 0 spiro atoms. The number of aliphatic hydroxyl groups is 2. The summed E-state index contributed by atoms with van der Waals surface area (Å²) in [5, 5.41) is 20.3. The van der Waals surface area contributed by atoms with Gasteiger partial charge in [0, 0.05) is 0 Å². The molecule has 1 aliphatic rings. The van der Waals surface area contributed by atoms with Gasteiger partial charge in [-0.2, -0.15) is 0 Å². The van der Waals surface area contributed by atoms with E-state index in [1.54, 1.807) is 0 Å². The van der Waals surface area contributed by atoms with Crippen LogP contribution in [0, 0.1) is 0 Å². The van der Waals surface area contributed by atoms with E-state index in [-0.39, 0.29) is 17.0 Å². The highest BCUT2D eigenvalue weighted by Crippen LogP contribution is 2.35. The minimum Gasteiger partial charge on any atom is -0.462 e. The Morgan fingerprint density at radius 1 is 1.31 bits per heavy atom. The summed E-state index contributed by atoms with van der Waals surface area (Å²) in [4.78, 5) is 40.6. The van der Waals surface area contributed by atoms with Crippen LogP contribution in [0.5, 0.6) is 0 Å². The van der Waals surface area contributed by atoms with E-state index in [0.29, 0.717) is 0 Å². The van der Waals surface area contributed by atoms with E-state index >= 15 is 0 Å². The van der Waals surface area contributed by atoms with Crippen LogP contribution < -0.4 is 5.73 Å². The smallest absolute Gasteiger partial charge is 0.336 e. The van der Waals surface area contributed by atoms with Gasteiger partial charge < -0.3 is 35.2 Å². The average Bonchev–Trinajstić information content (AvgIpc) is 3.08. The largest absolute Gasteiger partial charge is 0.462 e. The topological polar surface area (TPSA) is 203 Å². The highest BCUT2D eigenvalue weighted by molar-refractivity contribution is 7.52. The number of fused-ring (bicyclic) bond motifs is 1. The van der Waals surface area contributed by atoms with E-state index in [1.807, 2.05) is 0 Å². The van der Waals surface area contributed by atoms with Gasteiger partial charge in [0.25, 0.3) is 0 Å². The molecule has 2 aromatic heterocycles. The number of esters is 1. The number of aromatic nitrogens is 4. The van der Waals surface area contributed by atoms with E-state index in [0.717, 1.165) is 0 Å². The molecule has 0 bridgehead atoms. The molecule has 4 unspecified atom stereocenters. The van der Waals surface area contributed by atoms with Gasteiger partial charge >= 0.3 is 13.6 Å². The lowest BCUT2D eigenvalue weighted by molar-refractivity contribution is -0.147. The molecule has 2 aromatic rings. The molecule has 1 aliphatic heterocycles. The Kier molecular flexibility index (Phi) is 4.92. The summed E-state index contributed by atoms with van der Waals surface area (Å²) >= 11 is 0. The molecule has 0 radical (unpaired) electrons. The molecular weight excluding hydrogens is 373 g/mol. The Hall–Kier alpha value is -2.15. The van der Waals surface area contributed by atoms with Gasteiger partial charge in [0.15, 0.2) is 17.7 Å². The maximum Gasteiger partial charge on any atom is 0.336 e. The number of hydrogen-bond donors (Lipinski definition) is 5. The number of carbonyl (C=O) groups is 1. The number of nitrogens with two attached hydrogens (primary N) is 1. The summed E-state index contributed by atoms with van der Waals surface area (Å²) in [5.74, 6) is -1.02. The van der Waals surface area contributed by atoms with Gasteiger partial charge in [-0.3, -0.25) is 13.9 Å². The number of anilines is 1. The summed E-state index contributed by atoms with van der Waals surface area (Å²) in [6.45, 7) is -0.503. The fourth-order valence-corrected chi connectivity index (χ4v) is 2.97. The van der Waals surface area contributed by atoms with Crippen LogP contribution >= 0.6 is 7.60 Å². The molecule has 0 saturated carbocycles. The summed E-state index contributed by atoms with van der Waals surface area (Å²) in [6.07, 6.45) is -3.60. The van der Waals surface area contributed by atoms with Crippen molar-refractivity contribution >= 4 is 30.5 Å². The Bertz CT molecular complexity index is 868. The average molecular weight is 389 g/mol. The number of hydrogen-bond acceptors (Lipinski definition) is 10. The fourth-order valence-electron chi connectivity index (χ4n) is 2.54. The molecule has 13 nitrogen and oxygen atoms in total. The molecule has 142 valence electrons. The van der Waals surface area contributed by atoms with Gasteiger partial charge in [-0.1, -0.05) is 0 Å². The summed E-state index contributed by atoms with van der Waals surface area (Å²) < 4.78 is 22.3. The van der Waals surface area contributed by atoms with Crippen molar-refractivity contribution in [2.24, 2.45) is 0 Å². The number of ether oxygens (including phenoxy) is 2. The number of nitrogens with zero attached hydrogens (tertiary/aromatic N) is 4. The minimum atomic E-state index is -4.56. The van der Waals surface area contributed by atoms with Crippen LogP contribution in [0.15, 0.2) is 12.7 Å². The van der Waals surface area contributed by atoms with Gasteiger partial charge in [0.2, 0.25) is 0 Å². The summed E-state index contributed by atoms with van der Waals surface area (Å²) in [7, 11) is -4.56. The predicted molar refractivity (Wildman–Crippen MR) is 83.5 cm³/mol. The van der Waals surface area contributed by atoms with E-state index in [9.17, 15) is 19.6 Å². The van der Waals surface area contributed by atoms with Crippen molar-refractivity contribution in [1.82, 2.24) is 19.5 Å². The predicted octanol–water partition coefficient (Wildman–Crippen LogP) is -2.25. The summed E-state index contributed by atoms with van der Waals surface area (Å²) in [5.41, 5.74) is 6.25. The number of carbonyl (C=O) groups excluding carboxylic acids is 1. The van der Waals surface area contributed by atoms with Gasteiger partial charge in [0.1, 0.15) is 42.9 Å². The fraction of sp³-hybridized carbons (Fsp3) is 0.500. The van der Waals surface area contributed by atoms with E-state index in [4.69, 9.17) is 25.0 Å². The normalized spacial score (nSPS) is 26.3. The van der Waals surface area contributed by atoms with Crippen molar-refractivity contribution in [3.63, 3.8) is 0 Å². The molecule has 1 fully saturated rings. The van der Waals surface area contributed by atoms with Crippen LogP contribution in [0.1, 0.15) is 6.23 Å². The van der Waals surface area contributed by atoms with Crippen molar-refractivity contribution in [1.29, 1.82) is 0 Å². The molecule has 14 heteroatoms.